The summed E-state index contributed by atoms with van der Waals surface area (Å²) in [6.45, 7) is 3.33. The minimum Gasteiger partial charge on any atom is -0.733 e. The lowest BCUT2D eigenvalue weighted by Crippen LogP contribution is -2.29. The number of carbonyl (C=O) groups excluding carboxylic acids is 1. The predicted octanol–water partition coefficient (Wildman–Crippen LogP) is 2.60. The van der Waals surface area contributed by atoms with Crippen molar-refractivity contribution in [3.63, 3.8) is 0 Å². The molecule has 1 aromatic rings. The minimum absolute atomic E-state index is 0.0224. The van der Waals surface area contributed by atoms with E-state index in [9.17, 15) is 15.3 Å². The summed E-state index contributed by atoms with van der Waals surface area (Å²) in [5, 5.41) is 41.2. The van der Waals surface area contributed by atoms with Crippen LogP contribution in [0.15, 0.2) is 46.8 Å². The van der Waals surface area contributed by atoms with E-state index in [1.807, 2.05) is 6.07 Å². The molecule has 0 amide bonds. The summed E-state index contributed by atoms with van der Waals surface area (Å²) in [7, 11) is 0. The van der Waals surface area contributed by atoms with Crippen molar-refractivity contribution in [3.05, 3.63) is 57.6 Å². The van der Waals surface area contributed by atoms with Crippen molar-refractivity contribution >= 4 is 11.7 Å². The average Bonchev–Trinajstić information content (AvgIpc) is 2.61. The van der Waals surface area contributed by atoms with Gasteiger partial charge in [-0.15, -0.1) is 0 Å². The maximum absolute atomic E-state index is 12.6. The number of benzene rings is 1. The van der Waals surface area contributed by atoms with Crippen LogP contribution in [0.1, 0.15) is 31.7 Å². The molecule has 0 aliphatic carbocycles. The van der Waals surface area contributed by atoms with Gasteiger partial charge in [-0.3, -0.25) is 5.21 Å². The fourth-order valence-corrected chi connectivity index (χ4v) is 2.84. The van der Waals surface area contributed by atoms with Crippen LogP contribution in [0, 0.1) is 27.9 Å². The van der Waals surface area contributed by atoms with Gasteiger partial charge in [0.05, 0.1) is 41.3 Å². The molecule has 0 saturated heterocycles. The second-order valence-corrected chi connectivity index (χ2v) is 5.66. The normalized spacial score (nSPS) is 16.5. The van der Waals surface area contributed by atoms with Gasteiger partial charge in [0.1, 0.15) is 6.61 Å². The molecule has 1 aliphatic rings. The molecule has 2 N–H and O–H groups in total. The van der Waals surface area contributed by atoms with Crippen LogP contribution in [-0.4, -0.2) is 17.8 Å². The first-order chi connectivity index (χ1) is 12.4. The largest absolute Gasteiger partial charge is 0.733 e. The quantitative estimate of drug-likeness (QED) is 0.469. The zero-order chi connectivity index (χ0) is 19.3. The average molecular weight is 353 g/mol. The molecule has 0 radical (unpaired) electrons. The van der Waals surface area contributed by atoms with E-state index in [1.165, 1.54) is 12.1 Å². The summed E-state index contributed by atoms with van der Waals surface area (Å²) in [5.41, 5.74) is 2.08. The molecular formula is C18H17N4O4-. The number of nitrogens with zero attached hydrogens (tertiary/aromatic N) is 3. The predicted molar refractivity (Wildman–Crippen MR) is 92.2 cm³/mol. The second-order valence-electron chi connectivity index (χ2n) is 5.66. The highest BCUT2D eigenvalue weighted by atomic mass is 16.8. The molecule has 0 fully saturated rings. The third-order valence-corrected chi connectivity index (χ3v) is 3.97. The van der Waals surface area contributed by atoms with E-state index in [2.05, 4.69) is 11.4 Å². The van der Waals surface area contributed by atoms with Crippen LogP contribution < -0.4 is 10.5 Å². The van der Waals surface area contributed by atoms with Crippen molar-refractivity contribution in [2.75, 3.05) is 11.8 Å². The number of hydrogen-bond donors (Lipinski definition) is 2. The van der Waals surface area contributed by atoms with E-state index in [-0.39, 0.29) is 29.5 Å². The Morgan fingerprint density at radius 3 is 2.73 bits per heavy atom. The van der Waals surface area contributed by atoms with Gasteiger partial charge in [0.2, 0.25) is 0 Å². The van der Waals surface area contributed by atoms with Crippen molar-refractivity contribution in [2.24, 2.45) is 0 Å². The fourth-order valence-electron chi connectivity index (χ4n) is 2.84. The van der Waals surface area contributed by atoms with Crippen LogP contribution in [0.25, 0.3) is 0 Å². The molecule has 0 aromatic heterocycles. The Morgan fingerprint density at radius 2 is 2.12 bits per heavy atom. The molecule has 0 spiro atoms. The molecular weight excluding hydrogens is 336 g/mol. The smallest absolute Gasteiger partial charge is 0.336 e. The maximum Gasteiger partial charge on any atom is 0.336 e. The molecule has 1 aromatic carbocycles. The van der Waals surface area contributed by atoms with Crippen LogP contribution in [0.5, 0.6) is 0 Å². The van der Waals surface area contributed by atoms with Gasteiger partial charge in [-0.1, -0.05) is 12.1 Å². The van der Waals surface area contributed by atoms with Gasteiger partial charge in [-0.05, 0) is 31.5 Å². The van der Waals surface area contributed by atoms with E-state index in [1.54, 1.807) is 26.0 Å². The Balaban J connectivity index is 2.53. The number of nitrogens with one attached hydrogen (secondary N) is 1. The zero-order valence-electron chi connectivity index (χ0n) is 14.3. The molecule has 1 unspecified atom stereocenters. The van der Waals surface area contributed by atoms with Crippen LogP contribution in [0.3, 0.4) is 0 Å². The monoisotopic (exact) mass is 353 g/mol. The summed E-state index contributed by atoms with van der Waals surface area (Å²) >= 11 is 0. The number of rotatable bonds is 5. The Hall–Kier alpha value is -3.33. The first-order valence-electron chi connectivity index (χ1n) is 7.79. The number of anilines is 1. The molecule has 26 heavy (non-hydrogen) atoms. The maximum atomic E-state index is 12.6. The van der Waals surface area contributed by atoms with Gasteiger partial charge in [-0.25, -0.2) is 4.79 Å². The highest BCUT2D eigenvalue weighted by molar-refractivity contribution is 5.93. The molecule has 1 aliphatic heterocycles. The molecule has 0 bridgehead atoms. The summed E-state index contributed by atoms with van der Waals surface area (Å²) in [6, 6.07) is 10.00. The molecule has 134 valence electrons. The van der Waals surface area contributed by atoms with Crippen molar-refractivity contribution in [3.8, 4) is 12.1 Å². The van der Waals surface area contributed by atoms with Crippen molar-refractivity contribution < 1.29 is 14.7 Å². The fraction of sp³-hybridized carbons (Fsp3) is 0.278. The van der Waals surface area contributed by atoms with Gasteiger partial charge in [0, 0.05) is 11.4 Å². The Kier molecular flexibility index (Phi) is 5.97. The third kappa shape index (κ3) is 3.83. The SMILES string of the molecule is CC1=C(C#N)C(c2cccc(N([O-])O)c2)C(C(=O)OCCC#N)=C(C)N1. The molecule has 8 heteroatoms. The topological polar surface area (TPSA) is 132 Å². The van der Waals surface area contributed by atoms with Gasteiger partial charge in [0.15, 0.2) is 0 Å². The first kappa shape index (κ1) is 19.0. The lowest BCUT2D eigenvalue weighted by Gasteiger charge is -2.29. The summed E-state index contributed by atoms with van der Waals surface area (Å²) in [6.07, 6.45) is 0.0568. The number of allylic oxidation sites excluding steroid dienone is 3. The van der Waals surface area contributed by atoms with Crippen LogP contribution in [-0.2, 0) is 9.53 Å². The summed E-state index contributed by atoms with van der Waals surface area (Å²) < 4.78 is 5.14. The number of nitriles is 2. The number of ether oxygens (including phenoxy) is 1. The Morgan fingerprint density at radius 1 is 1.38 bits per heavy atom. The van der Waals surface area contributed by atoms with E-state index < -0.39 is 11.9 Å². The number of esters is 1. The Labute approximate surface area is 150 Å². The zero-order valence-corrected chi connectivity index (χ0v) is 14.3. The lowest BCUT2D eigenvalue weighted by atomic mass is 9.81. The van der Waals surface area contributed by atoms with Crippen molar-refractivity contribution in [2.45, 2.75) is 26.2 Å². The molecule has 0 saturated carbocycles. The molecule has 2 rings (SSSR count). The van der Waals surface area contributed by atoms with Gasteiger partial charge in [-0.2, -0.15) is 10.5 Å². The van der Waals surface area contributed by atoms with E-state index >= 15 is 0 Å². The van der Waals surface area contributed by atoms with E-state index in [0.29, 0.717) is 22.5 Å². The minimum atomic E-state index is -0.754. The highest BCUT2D eigenvalue weighted by Gasteiger charge is 2.34. The number of dihydropyridines is 1. The van der Waals surface area contributed by atoms with Gasteiger partial charge < -0.3 is 20.5 Å². The van der Waals surface area contributed by atoms with Crippen molar-refractivity contribution in [1.82, 2.24) is 5.32 Å². The number of hydrogen-bond acceptors (Lipinski definition) is 8. The van der Waals surface area contributed by atoms with E-state index in [4.69, 9.17) is 15.2 Å². The Bertz CT molecular complexity index is 859. The molecule has 1 heterocycles. The summed E-state index contributed by atoms with van der Waals surface area (Å²) in [4.78, 5) is 12.6. The third-order valence-electron chi connectivity index (χ3n) is 3.97. The first-order valence-corrected chi connectivity index (χ1v) is 7.79. The van der Waals surface area contributed by atoms with Gasteiger partial charge >= 0.3 is 5.97 Å². The van der Waals surface area contributed by atoms with E-state index in [0.717, 1.165) is 0 Å². The van der Waals surface area contributed by atoms with Crippen LogP contribution in [0.4, 0.5) is 5.69 Å². The molecule has 8 nitrogen and oxygen atoms in total. The standard InChI is InChI=1S/C18H17N4O4/c1-11-15(10-20)17(13-5-3-6-14(9-13)22(24)25)16(12(2)21-11)18(23)26-8-4-7-19/h3,5-6,9,17,21,24H,4,8H2,1-2H3/q-1. The van der Waals surface area contributed by atoms with Crippen LogP contribution >= 0.6 is 0 Å². The summed E-state index contributed by atoms with van der Waals surface area (Å²) in [5.74, 6) is -1.40. The highest BCUT2D eigenvalue weighted by Crippen LogP contribution is 2.39. The second kappa shape index (κ2) is 8.17. The molecule has 1 atom stereocenters. The van der Waals surface area contributed by atoms with Crippen LogP contribution in [0.2, 0.25) is 0 Å². The number of carbonyl (C=O) groups is 1. The van der Waals surface area contributed by atoms with Gasteiger partial charge in [0.25, 0.3) is 0 Å². The van der Waals surface area contributed by atoms with Crippen molar-refractivity contribution in [1.29, 1.82) is 10.5 Å². The lowest BCUT2D eigenvalue weighted by molar-refractivity contribution is -0.139.